The van der Waals surface area contributed by atoms with E-state index in [0.29, 0.717) is 5.92 Å². The first-order chi connectivity index (χ1) is 6.66. The van der Waals surface area contributed by atoms with Crippen LogP contribution in [-0.2, 0) is 4.79 Å². The summed E-state index contributed by atoms with van der Waals surface area (Å²) in [6.07, 6.45) is 0. The molecule has 0 fully saturated rings. The minimum atomic E-state index is -0.0359. The quantitative estimate of drug-likeness (QED) is 0.702. The molecular weight excluding hydrogens is 198 g/mol. The lowest BCUT2D eigenvalue weighted by Crippen LogP contribution is -2.31. The van der Waals surface area contributed by atoms with Crippen molar-refractivity contribution >= 4 is 23.2 Å². The third-order valence-corrected chi connectivity index (χ3v) is 2.41. The minimum absolute atomic E-state index is 0.0359. The van der Waals surface area contributed by atoms with Crippen molar-refractivity contribution in [3.05, 3.63) is 36.2 Å². The average Bonchev–Trinajstić information content (AvgIpc) is 2.27. The van der Waals surface area contributed by atoms with E-state index in [1.54, 1.807) is 18.9 Å². The molecule has 0 aromatic heterocycles. The van der Waals surface area contributed by atoms with Crippen molar-refractivity contribution in [2.75, 3.05) is 17.8 Å². The summed E-state index contributed by atoms with van der Waals surface area (Å²) >= 11 is 5.59. The largest absolute Gasteiger partial charge is 0.315 e. The maximum absolute atomic E-state index is 11.7. The van der Waals surface area contributed by atoms with E-state index in [0.717, 1.165) is 5.69 Å². The fourth-order valence-corrected chi connectivity index (χ4v) is 1.23. The summed E-state index contributed by atoms with van der Waals surface area (Å²) in [6, 6.07) is 9.49. The van der Waals surface area contributed by atoms with Gasteiger partial charge in [0.2, 0.25) is 5.91 Å². The third-order valence-electron chi connectivity index (χ3n) is 2.01. The van der Waals surface area contributed by atoms with Gasteiger partial charge in [-0.15, -0.1) is 11.6 Å². The number of hydrogen-bond donors (Lipinski definition) is 0. The number of nitrogens with zero attached hydrogens (tertiary/aromatic N) is 1. The molecule has 14 heavy (non-hydrogen) atoms. The van der Waals surface area contributed by atoms with Gasteiger partial charge in [-0.2, -0.15) is 0 Å². The van der Waals surface area contributed by atoms with Gasteiger partial charge in [0, 0.05) is 18.6 Å². The predicted octanol–water partition coefficient (Wildman–Crippen LogP) is 2.48. The van der Waals surface area contributed by atoms with Gasteiger partial charge in [0.15, 0.2) is 0 Å². The van der Waals surface area contributed by atoms with Crippen molar-refractivity contribution in [2.45, 2.75) is 6.92 Å². The van der Waals surface area contributed by atoms with E-state index in [1.807, 2.05) is 30.3 Å². The Balaban J connectivity index is 2.76. The molecule has 0 saturated carbocycles. The zero-order valence-electron chi connectivity index (χ0n) is 8.33. The maximum atomic E-state index is 11.7. The van der Waals surface area contributed by atoms with Crippen LogP contribution in [0.2, 0.25) is 0 Å². The van der Waals surface area contributed by atoms with E-state index >= 15 is 0 Å². The molecule has 1 aromatic rings. The molecule has 0 atom stereocenters. The summed E-state index contributed by atoms with van der Waals surface area (Å²) in [4.78, 5) is 13.3. The second-order valence-corrected chi connectivity index (χ2v) is 3.38. The predicted molar refractivity (Wildman–Crippen MR) is 59.5 cm³/mol. The summed E-state index contributed by atoms with van der Waals surface area (Å²) in [7, 11) is 1.74. The minimum Gasteiger partial charge on any atom is -0.315 e. The number of carbonyl (C=O) groups excluding carboxylic acids is 1. The lowest BCUT2D eigenvalue weighted by atomic mass is 10.2. The van der Waals surface area contributed by atoms with Crippen molar-refractivity contribution in [3.8, 4) is 0 Å². The number of amides is 1. The molecule has 1 aromatic carbocycles. The molecule has 1 rings (SSSR count). The summed E-state index contributed by atoms with van der Waals surface area (Å²) in [5.74, 6) is 0.889. The van der Waals surface area contributed by atoms with Crippen LogP contribution in [0.4, 0.5) is 5.69 Å². The molecule has 0 unspecified atom stereocenters. The zero-order valence-corrected chi connectivity index (χ0v) is 9.08. The number of alkyl halides is 1. The highest BCUT2D eigenvalue weighted by atomic mass is 35.5. The van der Waals surface area contributed by atoms with Crippen molar-refractivity contribution in [2.24, 2.45) is 0 Å². The Morgan fingerprint density at radius 1 is 1.36 bits per heavy atom. The Labute approximate surface area is 89.5 Å². The number of para-hydroxylation sites is 1. The van der Waals surface area contributed by atoms with Crippen LogP contribution in [0.5, 0.6) is 0 Å². The molecule has 0 spiro atoms. The van der Waals surface area contributed by atoms with E-state index in [4.69, 9.17) is 11.6 Å². The Morgan fingerprint density at radius 2 is 1.93 bits per heavy atom. The lowest BCUT2D eigenvalue weighted by Gasteiger charge is -2.19. The molecule has 0 heterocycles. The molecule has 0 N–H and O–H groups in total. The lowest BCUT2D eigenvalue weighted by molar-refractivity contribution is -0.116. The highest BCUT2D eigenvalue weighted by Gasteiger charge is 2.17. The topological polar surface area (TPSA) is 20.3 Å². The molecule has 0 aliphatic carbocycles. The highest BCUT2D eigenvalue weighted by molar-refractivity contribution is 6.22. The molecule has 0 bridgehead atoms. The van der Waals surface area contributed by atoms with E-state index in [1.165, 1.54) is 0 Å². The summed E-state index contributed by atoms with van der Waals surface area (Å²) in [6.45, 7) is 1.74. The Kier molecular flexibility index (Phi) is 3.96. The van der Waals surface area contributed by atoms with Gasteiger partial charge in [-0.05, 0) is 19.1 Å². The molecule has 1 radical (unpaired) electrons. The molecule has 75 valence electrons. The summed E-state index contributed by atoms with van der Waals surface area (Å²) in [5.41, 5.74) is 0.877. The number of hydrogen-bond acceptors (Lipinski definition) is 1. The first-order valence-electron chi connectivity index (χ1n) is 4.38. The van der Waals surface area contributed by atoms with Crippen LogP contribution in [0.15, 0.2) is 30.3 Å². The first-order valence-corrected chi connectivity index (χ1v) is 4.91. The Morgan fingerprint density at radius 3 is 2.43 bits per heavy atom. The second kappa shape index (κ2) is 5.01. The van der Waals surface area contributed by atoms with Gasteiger partial charge in [0.05, 0.1) is 5.92 Å². The van der Waals surface area contributed by atoms with Crippen molar-refractivity contribution in [3.63, 3.8) is 0 Å². The van der Waals surface area contributed by atoms with Crippen LogP contribution in [-0.4, -0.2) is 18.8 Å². The maximum Gasteiger partial charge on any atom is 0.234 e. The van der Waals surface area contributed by atoms with Crippen LogP contribution in [0.25, 0.3) is 0 Å². The second-order valence-electron chi connectivity index (χ2n) is 3.11. The van der Waals surface area contributed by atoms with E-state index in [9.17, 15) is 4.79 Å². The first kappa shape index (κ1) is 11.1. The van der Waals surface area contributed by atoms with E-state index < -0.39 is 0 Å². The number of benzene rings is 1. The molecular formula is C11H13ClNO. The van der Waals surface area contributed by atoms with Gasteiger partial charge < -0.3 is 4.90 Å². The van der Waals surface area contributed by atoms with Gasteiger partial charge in [-0.3, -0.25) is 4.79 Å². The van der Waals surface area contributed by atoms with Crippen LogP contribution in [0.1, 0.15) is 6.92 Å². The molecule has 0 aliphatic rings. The van der Waals surface area contributed by atoms with Crippen LogP contribution in [0.3, 0.4) is 0 Å². The SMILES string of the molecule is C[C](CCl)C(=O)N(C)c1ccccc1. The van der Waals surface area contributed by atoms with Crippen LogP contribution < -0.4 is 4.90 Å². The molecule has 3 heteroatoms. The molecule has 2 nitrogen and oxygen atoms in total. The molecule has 0 aliphatic heterocycles. The van der Waals surface area contributed by atoms with Gasteiger partial charge in [0.25, 0.3) is 0 Å². The number of anilines is 1. The normalized spacial score (nSPS) is 10.3. The van der Waals surface area contributed by atoms with Crippen LogP contribution in [0, 0.1) is 5.92 Å². The fraction of sp³-hybridized carbons (Fsp3) is 0.273. The van der Waals surface area contributed by atoms with Crippen molar-refractivity contribution < 1.29 is 4.79 Å². The molecule has 1 amide bonds. The average molecular weight is 211 g/mol. The zero-order chi connectivity index (χ0) is 10.6. The smallest absolute Gasteiger partial charge is 0.234 e. The number of rotatable bonds is 3. The monoisotopic (exact) mass is 210 g/mol. The standard InChI is InChI=1S/C11H13ClNO/c1-9(8-12)11(14)13(2)10-6-4-3-5-7-10/h3-7H,8H2,1-2H3. The van der Waals surface area contributed by atoms with Gasteiger partial charge >= 0.3 is 0 Å². The van der Waals surface area contributed by atoms with E-state index in [-0.39, 0.29) is 11.8 Å². The fourth-order valence-electron chi connectivity index (χ4n) is 1.11. The summed E-state index contributed by atoms with van der Waals surface area (Å²) in [5, 5.41) is 0. The summed E-state index contributed by atoms with van der Waals surface area (Å²) < 4.78 is 0. The van der Waals surface area contributed by atoms with Gasteiger partial charge in [-0.1, -0.05) is 18.2 Å². The van der Waals surface area contributed by atoms with E-state index in [2.05, 4.69) is 0 Å². The Hall–Kier alpha value is -1.02. The van der Waals surface area contributed by atoms with Gasteiger partial charge in [-0.25, -0.2) is 0 Å². The highest BCUT2D eigenvalue weighted by Crippen LogP contribution is 2.15. The third kappa shape index (κ3) is 2.48. The molecule has 0 saturated heterocycles. The number of halogens is 1. The van der Waals surface area contributed by atoms with Crippen molar-refractivity contribution in [1.82, 2.24) is 0 Å². The Bertz CT molecular complexity index is 299. The van der Waals surface area contributed by atoms with Crippen LogP contribution >= 0.6 is 11.6 Å². The van der Waals surface area contributed by atoms with Crippen molar-refractivity contribution in [1.29, 1.82) is 0 Å². The van der Waals surface area contributed by atoms with Gasteiger partial charge in [0.1, 0.15) is 0 Å². The number of carbonyl (C=O) groups is 1.